The van der Waals surface area contributed by atoms with Crippen LogP contribution >= 0.6 is 0 Å². The van der Waals surface area contributed by atoms with Crippen LogP contribution < -0.4 is 40.1 Å². The molecule has 0 aliphatic carbocycles. The van der Waals surface area contributed by atoms with Gasteiger partial charge in [-0.25, -0.2) is 0 Å². The van der Waals surface area contributed by atoms with Crippen molar-refractivity contribution in [1.29, 1.82) is 0 Å². The highest BCUT2D eigenvalue weighted by Gasteiger charge is 2.54. The second kappa shape index (κ2) is 17.8. The number of hydrogen-bond acceptors (Lipinski definition) is 17. The Bertz CT molecular complexity index is 2470. The number of ether oxygens (including phenoxy) is 7. The second-order valence-corrected chi connectivity index (χ2v) is 16.1. The number of carboxylic acids is 1. The number of benzene rings is 3. The third-order valence-corrected chi connectivity index (χ3v) is 12.2. The predicted molar refractivity (Wildman–Crippen MR) is 220 cm³/mol. The van der Waals surface area contributed by atoms with Crippen LogP contribution in [0.4, 0.5) is 0 Å². The fraction of sp³-hybridized carbons (Fsp3) is 0.400. The highest BCUT2D eigenvalue weighted by atomic mass is 16.7. The van der Waals surface area contributed by atoms with Crippen molar-refractivity contribution in [3.05, 3.63) is 99.9 Å². The number of nitrogens with one attached hydrogen (secondary N) is 1. The van der Waals surface area contributed by atoms with Gasteiger partial charge in [-0.15, -0.1) is 0 Å². The molecule has 0 amide bonds. The highest BCUT2D eigenvalue weighted by molar-refractivity contribution is 5.90. The minimum atomic E-state index is -1.94. The number of hydrogen-bond donors (Lipinski definition) is 9. The summed E-state index contributed by atoms with van der Waals surface area (Å²) in [4.78, 5) is 29.0. The van der Waals surface area contributed by atoms with Crippen molar-refractivity contribution in [1.82, 2.24) is 0 Å². The summed E-state index contributed by atoms with van der Waals surface area (Å²) in [5, 5.41) is 62.9. The van der Waals surface area contributed by atoms with Crippen molar-refractivity contribution >= 4 is 18.2 Å². The number of nitrogens with two attached hydrogens (primary N) is 2. The summed E-state index contributed by atoms with van der Waals surface area (Å²) in [7, 11) is 0. The first-order valence-corrected chi connectivity index (χ1v) is 20.7. The predicted octanol–water partition coefficient (Wildman–Crippen LogP) is -1.01. The molecule has 11 atom stereocenters. The average molecular weight is 884 g/mol. The van der Waals surface area contributed by atoms with E-state index in [1.54, 1.807) is 24.4 Å². The van der Waals surface area contributed by atoms with Crippen molar-refractivity contribution in [2.24, 2.45) is 16.5 Å². The first-order valence-electron chi connectivity index (χ1n) is 20.7. The molecule has 6 heterocycles. The molecule has 19 nitrogen and oxygen atoms in total. The molecule has 1 unspecified atom stereocenters. The quantitative estimate of drug-likeness (QED) is 0.0430. The smallest absolute Gasteiger partial charge is 0.317 e. The fourth-order valence-corrected chi connectivity index (χ4v) is 9.33. The van der Waals surface area contributed by atoms with Gasteiger partial charge >= 0.3 is 11.9 Å². The fourth-order valence-electron chi connectivity index (χ4n) is 9.33. The number of rotatable bonds is 13. The van der Waals surface area contributed by atoms with Crippen molar-refractivity contribution in [2.75, 3.05) is 26.6 Å². The summed E-state index contributed by atoms with van der Waals surface area (Å²) in [5.41, 5.74) is 17.1. The van der Waals surface area contributed by atoms with E-state index in [1.165, 1.54) is 0 Å². The molecule has 0 spiro atoms. The lowest BCUT2D eigenvalue weighted by molar-refractivity contribution is -0.867. The molecule has 11 N–H and O–H groups in total. The van der Waals surface area contributed by atoms with Crippen LogP contribution in [0.25, 0.3) is 0 Å². The Hall–Kier alpha value is -6.05. The SMILES string of the molecule is NC(N)[C@H](OC(=O)CC(=O)O)[C@H]1O[C@@H](Oc2cc(C[NH+]3CC4=CC=NC4=C3CO)c3c(c2)O[C@H]2[C@H]4c5ccc(OCO)c(c5O[C@@H]34)OCCC#C[C@@H]2c2ccccc2)[C@H](O)[C@@H](O)[C@@H]1O. The number of carbonyl (C=O) groups is 2. The Kier molecular flexibility index (Phi) is 12.0. The number of aliphatic carboxylic acids is 1. The standard InChI is InChI=1S/C45H46N4O15/c46-44(47)43(62-31(54)16-30(52)53)42-36(56)35(55)37(57)45(64-42)60-24-14-23(18-49-17-22-11-12-48-34(22)27(49)19-50)32-29(15-24)61-38-25(21-6-2-1-3-7-21)8-4-5-13-58-40-28(59-20-51)10-9-26-33(38)41(32)63-39(26)40/h1-3,6-7,9-12,14-15,25,33,35-38,41-45,50-51,55-57H,5,13,16-20,46-47H2,(H,52,53)/p+1/t25-,33-,35+,36+,37-,38-,41+,42+,43-,45-/m1/s1. The van der Waals surface area contributed by atoms with Gasteiger partial charge in [0.25, 0.3) is 0 Å². The van der Waals surface area contributed by atoms with E-state index in [2.05, 4.69) is 16.8 Å². The summed E-state index contributed by atoms with van der Waals surface area (Å²) < 4.78 is 43.5. The molecule has 6 aliphatic heterocycles. The van der Waals surface area contributed by atoms with Gasteiger partial charge in [0.2, 0.25) is 12.0 Å². The van der Waals surface area contributed by atoms with Crippen LogP contribution in [-0.4, -0.2) is 124 Å². The maximum atomic E-state index is 12.4. The van der Waals surface area contributed by atoms with Crippen LogP contribution in [0.5, 0.6) is 28.7 Å². The maximum absolute atomic E-state index is 12.4. The zero-order chi connectivity index (χ0) is 44.8. The Labute approximate surface area is 365 Å². The molecule has 0 radical (unpaired) electrons. The van der Waals surface area contributed by atoms with E-state index < -0.39 is 92.2 Å². The van der Waals surface area contributed by atoms with Gasteiger partial charge in [-0.1, -0.05) is 48.2 Å². The number of esters is 1. The number of aliphatic hydroxyl groups excluding tert-OH is 5. The zero-order valence-electron chi connectivity index (χ0n) is 34.1. The van der Waals surface area contributed by atoms with E-state index >= 15 is 0 Å². The van der Waals surface area contributed by atoms with Crippen molar-refractivity contribution in [2.45, 2.75) is 86.4 Å². The van der Waals surface area contributed by atoms with Gasteiger partial charge in [0.05, 0.1) is 24.6 Å². The number of fused-ring (bicyclic) bond motifs is 3. The molecular formula is C45H47N4O15+. The van der Waals surface area contributed by atoms with Crippen LogP contribution in [-0.2, 0) is 25.6 Å². The summed E-state index contributed by atoms with van der Waals surface area (Å²) >= 11 is 0. The summed E-state index contributed by atoms with van der Waals surface area (Å²) in [5.74, 6) is 4.40. The molecule has 336 valence electrons. The topological polar surface area (TPSA) is 289 Å². The lowest BCUT2D eigenvalue weighted by atomic mass is 9.76. The zero-order valence-corrected chi connectivity index (χ0v) is 34.1. The molecule has 6 aliphatic rings. The highest BCUT2D eigenvalue weighted by Crippen LogP contribution is 2.61. The van der Waals surface area contributed by atoms with Gasteiger partial charge < -0.3 is 75.3 Å². The van der Waals surface area contributed by atoms with Crippen molar-refractivity contribution < 1.29 is 78.3 Å². The minimum Gasteiger partial charge on any atom is -0.487 e. The molecular weight excluding hydrogens is 837 g/mol. The van der Waals surface area contributed by atoms with Gasteiger partial charge in [0, 0.05) is 41.0 Å². The summed E-state index contributed by atoms with van der Waals surface area (Å²) in [6.45, 7) is 0.0641. The minimum absolute atomic E-state index is 0.0738. The number of allylic oxidation sites excluding steroid dienone is 1. The number of aliphatic imine (C=N–C) groups is 1. The van der Waals surface area contributed by atoms with E-state index in [-0.39, 0.29) is 31.3 Å². The third kappa shape index (κ3) is 7.93. The number of carbonyl (C=O) groups excluding carboxylic acids is 1. The molecule has 0 saturated carbocycles. The third-order valence-electron chi connectivity index (χ3n) is 12.2. The molecule has 9 rings (SSSR count). The van der Waals surface area contributed by atoms with Crippen LogP contribution in [0.3, 0.4) is 0 Å². The molecule has 0 aromatic heterocycles. The molecule has 3 aromatic rings. The number of carboxylic acid groups (broad SMARTS) is 1. The van der Waals surface area contributed by atoms with E-state index in [9.17, 15) is 35.1 Å². The molecule has 64 heavy (non-hydrogen) atoms. The Morgan fingerprint density at radius 2 is 1.81 bits per heavy atom. The van der Waals surface area contributed by atoms with Gasteiger partial charge in [-0.3, -0.25) is 19.5 Å². The van der Waals surface area contributed by atoms with Crippen molar-refractivity contribution in [3.63, 3.8) is 0 Å². The van der Waals surface area contributed by atoms with E-state index in [1.807, 2.05) is 42.5 Å². The van der Waals surface area contributed by atoms with Crippen LogP contribution in [0, 0.1) is 11.8 Å². The second-order valence-electron chi connectivity index (χ2n) is 16.1. The average Bonchev–Trinajstić information content (AvgIpc) is 3.98. The lowest BCUT2D eigenvalue weighted by Crippen LogP contribution is -3.08. The number of aliphatic hydroxyl groups is 5. The van der Waals surface area contributed by atoms with Gasteiger partial charge in [0.1, 0.15) is 79.9 Å². The molecule has 19 heteroatoms. The first-order chi connectivity index (χ1) is 30.9. The molecule has 3 aromatic carbocycles. The van der Waals surface area contributed by atoms with Crippen molar-refractivity contribution in [3.8, 4) is 40.6 Å². The van der Waals surface area contributed by atoms with Gasteiger partial charge in [-0.2, -0.15) is 0 Å². The van der Waals surface area contributed by atoms with Gasteiger partial charge in [-0.05, 0) is 23.8 Å². The molecule has 4 bridgehead atoms. The van der Waals surface area contributed by atoms with E-state index in [0.29, 0.717) is 52.7 Å². The first kappa shape index (κ1) is 43.2. The largest absolute Gasteiger partial charge is 0.487 e. The van der Waals surface area contributed by atoms with Crippen LogP contribution in [0.15, 0.2) is 82.6 Å². The van der Waals surface area contributed by atoms with E-state index in [4.69, 9.17) is 49.7 Å². The molecule has 1 saturated heterocycles. The summed E-state index contributed by atoms with van der Waals surface area (Å²) in [6, 6.07) is 16.6. The molecule has 1 fully saturated rings. The van der Waals surface area contributed by atoms with Crippen LogP contribution in [0.1, 0.15) is 53.0 Å². The number of nitrogens with zero attached hydrogens (tertiary/aromatic N) is 1. The lowest BCUT2D eigenvalue weighted by Gasteiger charge is -2.43. The Balaban J connectivity index is 1.16. The van der Waals surface area contributed by atoms with E-state index in [0.717, 1.165) is 21.6 Å². The number of quaternary nitrogens is 1. The monoisotopic (exact) mass is 883 g/mol. The summed E-state index contributed by atoms with van der Waals surface area (Å²) in [6.07, 6.45) is -10.9. The van der Waals surface area contributed by atoms with Crippen LogP contribution in [0.2, 0.25) is 0 Å². The van der Waals surface area contributed by atoms with Gasteiger partial charge in [0.15, 0.2) is 30.1 Å². The Morgan fingerprint density at radius 3 is 2.56 bits per heavy atom. The Morgan fingerprint density at radius 1 is 1.00 bits per heavy atom. The maximum Gasteiger partial charge on any atom is 0.317 e. The normalized spacial score (nSPS) is 28.8.